The highest BCUT2D eigenvalue weighted by Gasteiger charge is 2.18. The van der Waals surface area contributed by atoms with Crippen LogP contribution in [0.3, 0.4) is 0 Å². The van der Waals surface area contributed by atoms with Crippen LogP contribution in [0.4, 0.5) is 0 Å². The zero-order valence-corrected chi connectivity index (χ0v) is 11.9. The molecule has 0 fully saturated rings. The van der Waals surface area contributed by atoms with Crippen LogP contribution in [0.15, 0.2) is 40.9 Å². The molecule has 2 heteroatoms. The van der Waals surface area contributed by atoms with Crippen molar-refractivity contribution in [3.05, 3.63) is 40.9 Å². The van der Waals surface area contributed by atoms with Gasteiger partial charge >= 0.3 is 0 Å². The van der Waals surface area contributed by atoms with Gasteiger partial charge in [-0.15, -0.1) is 0 Å². The van der Waals surface area contributed by atoms with Crippen LogP contribution in [0.25, 0.3) is 10.8 Å². The maximum Gasteiger partial charge on any atom is 0.0784 e. The topological polar surface area (TPSA) is 0 Å². The fraction of sp³-hybridized carbons (Fsp3) is 0.231. The van der Waals surface area contributed by atoms with Gasteiger partial charge in [0.25, 0.3) is 0 Å². The van der Waals surface area contributed by atoms with Gasteiger partial charge in [0.05, 0.1) is 8.07 Å². The normalized spacial score (nSPS) is 12.0. The molecule has 0 spiro atoms. The highest BCUT2D eigenvalue weighted by atomic mass is 79.9. The highest BCUT2D eigenvalue weighted by molar-refractivity contribution is 9.10. The van der Waals surface area contributed by atoms with Crippen molar-refractivity contribution < 1.29 is 0 Å². The lowest BCUT2D eigenvalue weighted by molar-refractivity contribution is 1.69. The smallest absolute Gasteiger partial charge is 0.0656 e. The van der Waals surface area contributed by atoms with Gasteiger partial charge < -0.3 is 0 Å². The lowest BCUT2D eigenvalue weighted by Crippen LogP contribution is -2.37. The molecule has 0 atom stereocenters. The van der Waals surface area contributed by atoms with Crippen molar-refractivity contribution in [2.45, 2.75) is 19.6 Å². The Balaban J connectivity index is 2.83. The van der Waals surface area contributed by atoms with Crippen LogP contribution in [0.2, 0.25) is 19.6 Å². The van der Waals surface area contributed by atoms with Crippen molar-refractivity contribution >= 4 is 40.0 Å². The molecule has 15 heavy (non-hydrogen) atoms. The Hall–Kier alpha value is -0.603. The summed E-state index contributed by atoms with van der Waals surface area (Å²) in [5, 5.41) is 4.28. The summed E-state index contributed by atoms with van der Waals surface area (Å²) in [5.41, 5.74) is 0. The van der Waals surface area contributed by atoms with Crippen molar-refractivity contribution in [1.82, 2.24) is 0 Å². The highest BCUT2D eigenvalue weighted by Crippen LogP contribution is 2.23. The van der Waals surface area contributed by atoms with Crippen LogP contribution in [-0.2, 0) is 0 Å². The summed E-state index contributed by atoms with van der Waals surface area (Å²) in [5.74, 6) is 0. The van der Waals surface area contributed by atoms with E-state index in [9.17, 15) is 0 Å². The zero-order valence-electron chi connectivity index (χ0n) is 9.34. The Morgan fingerprint density at radius 3 is 2.13 bits per heavy atom. The number of hydrogen-bond acceptors (Lipinski definition) is 0. The van der Waals surface area contributed by atoms with Crippen molar-refractivity contribution in [2.75, 3.05) is 0 Å². The van der Waals surface area contributed by atoms with Crippen LogP contribution in [0.1, 0.15) is 0 Å². The molecule has 0 aliphatic heterocycles. The van der Waals surface area contributed by atoms with E-state index in [4.69, 9.17) is 0 Å². The van der Waals surface area contributed by atoms with Crippen LogP contribution < -0.4 is 5.19 Å². The average Bonchev–Trinajstić information content (AvgIpc) is 2.16. The van der Waals surface area contributed by atoms with E-state index in [2.05, 4.69) is 72.0 Å². The van der Waals surface area contributed by atoms with E-state index in [1.807, 2.05) is 0 Å². The molecule has 0 N–H and O–H groups in total. The lowest BCUT2D eigenvalue weighted by atomic mass is 10.1. The van der Waals surface area contributed by atoms with E-state index in [0.29, 0.717) is 0 Å². The second kappa shape index (κ2) is 3.76. The van der Waals surface area contributed by atoms with Crippen molar-refractivity contribution in [3.8, 4) is 0 Å². The Labute approximate surface area is 100 Å². The summed E-state index contributed by atoms with van der Waals surface area (Å²) < 4.78 is 1.19. The number of fused-ring (bicyclic) bond motifs is 1. The maximum atomic E-state index is 3.61. The second-order valence-corrected chi connectivity index (χ2v) is 10.8. The number of rotatable bonds is 1. The van der Waals surface area contributed by atoms with Gasteiger partial charge in [-0.2, -0.15) is 0 Å². The molecule has 0 heterocycles. The third-order valence-corrected chi connectivity index (χ3v) is 5.42. The lowest BCUT2D eigenvalue weighted by Gasteiger charge is -2.19. The Bertz CT molecular complexity index is 497. The van der Waals surface area contributed by atoms with Gasteiger partial charge in [-0.05, 0) is 16.8 Å². The number of benzene rings is 2. The van der Waals surface area contributed by atoms with Gasteiger partial charge in [-0.25, -0.2) is 0 Å². The molecule has 0 bridgehead atoms. The fourth-order valence-electron chi connectivity index (χ4n) is 1.93. The predicted octanol–water partition coefficient (Wildman–Crippen LogP) is 4.15. The van der Waals surface area contributed by atoms with Crippen LogP contribution in [0.5, 0.6) is 0 Å². The van der Waals surface area contributed by atoms with Crippen LogP contribution in [0, 0.1) is 0 Å². The van der Waals surface area contributed by atoms with Crippen LogP contribution in [-0.4, -0.2) is 8.07 Å². The molecule has 2 rings (SSSR count). The largest absolute Gasteiger partial charge is 0.0784 e. The van der Waals surface area contributed by atoms with Crippen LogP contribution >= 0.6 is 15.9 Å². The predicted molar refractivity (Wildman–Crippen MR) is 74.6 cm³/mol. The minimum atomic E-state index is -1.24. The zero-order chi connectivity index (χ0) is 11.1. The maximum absolute atomic E-state index is 3.61. The van der Waals surface area contributed by atoms with Gasteiger partial charge in [0.1, 0.15) is 0 Å². The number of hydrogen-bond donors (Lipinski definition) is 0. The van der Waals surface area contributed by atoms with E-state index in [-0.39, 0.29) is 0 Å². The van der Waals surface area contributed by atoms with E-state index < -0.39 is 8.07 Å². The minimum absolute atomic E-state index is 1.19. The second-order valence-electron chi connectivity index (χ2n) is 4.89. The third-order valence-electron chi connectivity index (χ3n) is 2.68. The van der Waals surface area contributed by atoms with Gasteiger partial charge in [0.15, 0.2) is 0 Å². The molecule has 0 nitrogen and oxygen atoms in total. The van der Waals surface area contributed by atoms with E-state index in [1.54, 1.807) is 5.19 Å². The fourth-order valence-corrected chi connectivity index (χ4v) is 4.05. The molecule has 2 aromatic carbocycles. The molecule has 0 saturated heterocycles. The first kappa shape index (κ1) is 10.9. The molecule has 0 aromatic heterocycles. The third kappa shape index (κ3) is 2.01. The first-order chi connectivity index (χ1) is 7.00. The molecule has 0 amide bonds. The van der Waals surface area contributed by atoms with Gasteiger partial charge in [0, 0.05) is 4.47 Å². The molecule has 0 aliphatic rings. The number of halogens is 1. The molecule has 0 radical (unpaired) electrons. The average molecular weight is 279 g/mol. The monoisotopic (exact) mass is 278 g/mol. The van der Waals surface area contributed by atoms with Crippen molar-refractivity contribution in [2.24, 2.45) is 0 Å². The summed E-state index contributed by atoms with van der Waals surface area (Å²) in [4.78, 5) is 0. The van der Waals surface area contributed by atoms with E-state index in [1.165, 1.54) is 15.2 Å². The Morgan fingerprint density at radius 1 is 0.867 bits per heavy atom. The Kier molecular flexibility index (Phi) is 2.73. The van der Waals surface area contributed by atoms with Crippen molar-refractivity contribution in [3.63, 3.8) is 0 Å². The molecular formula is C13H15BrSi. The molecule has 78 valence electrons. The summed E-state index contributed by atoms with van der Waals surface area (Å²) in [6.45, 7) is 7.17. The first-order valence-electron chi connectivity index (χ1n) is 5.18. The van der Waals surface area contributed by atoms with Gasteiger partial charge in [-0.3, -0.25) is 0 Å². The van der Waals surface area contributed by atoms with Gasteiger partial charge in [0.2, 0.25) is 0 Å². The molecular weight excluding hydrogens is 264 g/mol. The summed E-state index contributed by atoms with van der Waals surface area (Å²) in [7, 11) is -1.24. The first-order valence-corrected chi connectivity index (χ1v) is 9.47. The van der Waals surface area contributed by atoms with E-state index in [0.717, 1.165) is 0 Å². The summed E-state index contributed by atoms with van der Waals surface area (Å²) in [6, 6.07) is 13.1. The molecule has 0 unspecified atom stereocenters. The molecule has 2 aromatic rings. The molecule has 0 aliphatic carbocycles. The minimum Gasteiger partial charge on any atom is -0.0656 e. The quantitative estimate of drug-likeness (QED) is 0.688. The Morgan fingerprint density at radius 2 is 1.47 bits per heavy atom. The summed E-state index contributed by atoms with van der Waals surface area (Å²) in [6.07, 6.45) is 0. The van der Waals surface area contributed by atoms with E-state index >= 15 is 0 Å². The SMILES string of the molecule is C[Si](C)(C)c1cccc2c(Br)cccc12. The standard InChI is InChI=1S/C13H15BrSi/c1-15(2,3)13-9-5-6-10-11(13)7-4-8-12(10)14/h4-9H,1-3H3. The molecule has 0 saturated carbocycles. The summed E-state index contributed by atoms with van der Waals surface area (Å²) >= 11 is 3.61. The van der Waals surface area contributed by atoms with Gasteiger partial charge in [-0.1, -0.05) is 71.1 Å². The van der Waals surface area contributed by atoms with Crippen molar-refractivity contribution in [1.29, 1.82) is 0 Å².